The van der Waals surface area contributed by atoms with Crippen molar-refractivity contribution in [2.24, 2.45) is 5.92 Å². The van der Waals surface area contributed by atoms with Gasteiger partial charge in [-0.15, -0.1) is 0 Å². The van der Waals surface area contributed by atoms with Crippen molar-refractivity contribution in [2.75, 3.05) is 0 Å². The van der Waals surface area contributed by atoms with E-state index in [1.54, 1.807) is 15.9 Å². The van der Waals surface area contributed by atoms with Crippen LogP contribution < -0.4 is 0 Å². The summed E-state index contributed by atoms with van der Waals surface area (Å²) in [5.74, 6) is -0.596. The largest absolute Gasteiger partial charge is 0.480 e. The molecule has 1 amide bonds. The van der Waals surface area contributed by atoms with Crippen molar-refractivity contribution < 1.29 is 14.7 Å². The molecule has 0 bridgehead atoms. The highest BCUT2D eigenvalue weighted by atomic mass is 16.4. The monoisotopic (exact) mass is 292 g/mol. The van der Waals surface area contributed by atoms with Gasteiger partial charge in [-0.25, -0.2) is 9.78 Å². The Hall–Kier alpha value is -1.92. The molecular formula is C14H20N4O3. The molecular weight excluding hydrogens is 272 g/mol. The highest BCUT2D eigenvalue weighted by molar-refractivity contribution is 5.84. The van der Waals surface area contributed by atoms with Gasteiger partial charge in [-0.05, 0) is 25.2 Å². The SMILES string of the molecule is O=C(O)[C@@H]1C[C@@H]2CCCC[C@@H]2N1C(=O)CCn1cncn1. The fourth-order valence-corrected chi connectivity index (χ4v) is 3.73. The van der Waals surface area contributed by atoms with Gasteiger partial charge >= 0.3 is 5.97 Å². The molecule has 2 fully saturated rings. The fourth-order valence-electron chi connectivity index (χ4n) is 3.73. The Morgan fingerprint density at radius 2 is 2.10 bits per heavy atom. The van der Waals surface area contributed by atoms with Crippen LogP contribution in [0.5, 0.6) is 0 Å². The Kier molecular flexibility index (Phi) is 3.90. The second-order valence-electron chi connectivity index (χ2n) is 5.91. The van der Waals surface area contributed by atoms with E-state index in [2.05, 4.69) is 10.1 Å². The summed E-state index contributed by atoms with van der Waals surface area (Å²) in [6.07, 6.45) is 8.08. The fraction of sp³-hybridized carbons (Fsp3) is 0.714. The van der Waals surface area contributed by atoms with Crippen molar-refractivity contribution in [3.63, 3.8) is 0 Å². The van der Waals surface area contributed by atoms with Crippen molar-refractivity contribution in [1.29, 1.82) is 0 Å². The third kappa shape index (κ3) is 2.77. The van der Waals surface area contributed by atoms with Crippen LogP contribution in [0.3, 0.4) is 0 Å². The number of carbonyl (C=O) groups is 2. The molecule has 1 aliphatic heterocycles. The van der Waals surface area contributed by atoms with E-state index in [9.17, 15) is 14.7 Å². The summed E-state index contributed by atoms with van der Waals surface area (Å²) < 4.78 is 1.60. The van der Waals surface area contributed by atoms with E-state index in [4.69, 9.17) is 0 Å². The highest BCUT2D eigenvalue weighted by Crippen LogP contribution is 2.40. The molecule has 21 heavy (non-hydrogen) atoms. The molecule has 0 radical (unpaired) electrons. The van der Waals surface area contributed by atoms with Gasteiger partial charge < -0.3 is 10.0 Å². The van der Waals surface area contributed by atoms with E-state index < -0.39 is 12.0 Å². The highest BCUT2D eigenvalue weighted by Gasteiger charge is 2.47. The maximum absolute atomic E-state index is 12.5. The lowest BCUT2D eigenvalue weighted by molar-refractivity contribution is -0.150. The summed E-state index contributed by atoms with van der Waals surface area (Å²) >= 11 is 0. The van der Waals surface area contributed by atoms with Gasteiger partial charge in [0, 0.05) is 12.5 Å². The van der Waals surface area contributed by atoms with Crippen LogP contribution >= 0.6 is 0 Å². The van der Waals surface area contributed by atoms with Gasteiger partial charge in [-0.2, -0.15) is 5.10 Å². The number of aryl methyl sites for hydroxylation is 1. The molecule has 1 saturated heterocycles. The van der Waals surface area contributed by atoms with E-state index in [1.807, 2.05) is 0 Å². The number of aromatic nitrogens is 3. The molecule has 2 heterocycles. The number of aliphatic carboxylic acids is 1. The first-order valence-corrected chi connectivity index (χ1v) is 7.53. The topological polar surface area (TPSA) is 88.3 Å². The molecule has 1 aromatic rings. The van der Waals surface area contributed by atoms with Crippen LogP contribution in [0.25, 0.3) is 0 Å². The lowest BCUT2D eigenvalue weighted by Crippen LogP contribution is -2.46. The Morgan fingerprint density at radius 3 is 2.81 bits per heavy atom. The van der Waals surface area contributed by atoms with Gasteiger partial charge in [0.2, 0.25) is 5.91 Å². The lowest BCUT2D eigenvalue weighted by Gasteiger charge is -2.33. The minimum Gasteiger partial charge on any atom is -0.480 e. The average Bonchev–Trinajstić information content (AvgIpc) is 3.11. The van der Waals surface area contributed by atoms with E-state index in [0.29, 0.717) is 18.9 Å². The molecule has 0 spiro atoms. The summed E-state index contributed by atoms with van der Waals surface area (Å²) in [5.41, 5.74) is 0. The van der Waals surface area contributed by atoms with E-state index >= 15 is 0 Å². The molecule has 114 valence electrons. The number of hydrogen-bond donors (Lipinski definition) is 1. The maximum atomic E-state index is 12.5. The smallest absolute Gasteiger partial charge is 0.326 e. The number of nitrogens with zero attached hydrogens (tertiary/aromatic N) is 4. The predicted octanol–water partition coefficient (Wildman–Crippen LogP) is 0.912. The van der Waals surface area contributed by atoms with Crippen LogP contribution in [0.1, 0.15) is 38.5 Å². The molecule has 7 heteroatoms. The van der Waals surface area contributed by atoms with Crippen molar-refractivity contribution >= 4 is 11.9 Å². The molecule has 3 rings (SSSR count). The third-order valence-corrected chi connectivity index (χ3v) is 4.68. The number of rotatable bonds is 4. The first-order chi connectivity index (χ1) is 10.2. The first kappa shape index (κ1) is 14.0. The van der Waals surface area contributed by atoms with E-state index in [1.165, 1.54) is 6.33 Å². The van der Waals surface area contributed by atoms with E-state index in [0.717, 1.165) is 25.7 Å². The predicted molar refractivity (Wildman–Crippen MR) is 73.3 cm³/mol. The summed E-state index contributed by atoms with van der Waals surface area (Å²) in [7, 11) is 0. The molecule has 0 unspecified atom stereocenters. The molecule has 1 N–H and O–H groups in total. The molecule has 7 nitrogen and oxygen atoms in total. The summed E-state index contributed by atoms with van der Waals surface area (Å²) in [6.45, 7) is 0.444. The number of amides is 1. The zero-order valence-corrected chi connectivity index (χ0v) is 11.9. The molecule has 1 aromatic heterocycles. The number of carboxylic acid groups (broad SMARTS) is 1. The third-order valence-electron chi connectivity index (χ3n) is 4.68. The standard InChI is InChI=1S/C14H20N4O3/c19-13(5-6-17-9-15-8-16-17)18-11-4-2-1-3-10(11)7-12(18)14(20)21/h8-12H,1-7H2,(H,20,21)/t10-,11-,12-/m0/s1. The van der Waals surface area contributed by atoms with Gasteiger partial charge in [0.1, 0.15) is 18.7 Å². The van der Waals surface area contributed by atoms with Crippen molar-refractivity contribution in [3.8, 4) is 0 Å². The van der Waals surface area contributed by atoms with Crippen LogP contribution in [-0.4, -0.2) is 48.7 Å². The van der Waals surface area contributed by atoms with Crippen LogP contribution in [0.4, 0.5) is 0 Å². The van der Waals surface area contributed by atoms with Crippen LogP contribution in [0.2, 0.25) is 0 Å². The lowest BCUT2D eigenvalue weighted by atomic mass is 9.84. The summed E-state index contributed by atoms with van der Waals surface area (Å²) in [6, 6.07) is -0.538. The second kappa shape index (κ2) is 5.83. The van der Waals surface area contributed by atoms with Crippen LogP contribution in [-0.2, 0) is 16.1 Å². The van der Waals surface area contributed by atoms with Crippen molar-refractivity contribution in [1.82, 2.24) is 19.7 Å². The zero-order chi connectivity index (χ0) is 14.8. The minimum absolute atomic E-state index is 0.0766. The summed E-state index contributed by atoms with van der Waals surface area (Å²) in [4.78, 5) is 29.5. The van der Waals surface area contributed by atoms with Crippen molar-refractivity contribution in [3.05, 3.63) is 12.7 Å². The first-order valence-electron chi connectivity index (χ1n) is 7.53. The number of hydrogen-bond acceptors (Lipinski definition) is 4. The number of carbonyl (C=O) groups excluding carboxylic acids is 1. The Balaban J connectivity index is 1.70. The van der Waals surface area contributed by atoms with Gasteiger partial charge in [0.25, 0.3) is 0 Å². The Morgan fingerprint density at radius 1 is 1.29 bits per heavy atom. The number of likely N-dealkylation sites (tertiary alicyclic amines) is 1. The second-order valence-corrected chi connectivity index (χ2v) is 5.91. The van der Waals surface area contributed by atoms with Crippen LogP contribution in [0, 0.1) is 5.92 Å². The van der Waals surface area contributed by atoms with Gasteiger partial charge in [-0.3, -0.25) is 9.48 Å². The average molecular weight is 292 g/mol. The quantitative estimate of drug-likeness (QED) is 0.891. The Labute approximate surface area is 123 Å². The number of fused-ring (bicyclic) bond motifs is 1. The Bertz CT molecular complexity index is 516. The van der Waals surface area contributed by atoms with Gasteiger partial charge in [0.15, 0.2) is 0 Å². The molecule has 0 aromatic carbocycles. The molecule has 3 atom stereocenters. The molecule has 1 saturated carbocycles. The molecule has 2 aliphatic rings. The summed E-state index contributed by atoms with van der Waals surface area (Å²) in [5, 5.41) is 13.4. The minimum atomic E-state index is -0.876. The van der Waals surface area contributed by atoms with Crippen molar-refractivity contribution in [2.45, 2.75) is 57.2 Å². The van der Waals surface area contributed by atoms with Gasteiger partial charge in [-0.1, -0.05) is 12.8 Å². The van der Waals surface area contributed by atoms with Crippen LogP contribution in [0.15, 0.2) is 12.7 Å². The number of carboxylic acids is 1. The normalized spacial score (nSPS) is 28.4. The maximum Gasteiger partial charge on any atom is 0.326 e. The zero-order valence-electron chi connectivity index (χ0n) is 11.9. The van der Waals surface area contributed by atoms with E-state index in [-0.39, 0.29) is 18.4 Å². The van der Waals surface area contributed by atoms with Gasteiger partial charge in [0.05, 0.1) is 6.54 Å². The molecule has 1 aliphatic carbocycles.